The van der Waals surface area contributed by atoms with Crippen LogP contribution in [0.15, 0.2) is 60.8 Å². The van der Waals surface area contributed by atoms with Crippen molar-refractivity contribution in [2.75, 3.05) is 13.6 Å². The molecule has 3 heteroatoms. The number of para-hydroxylation sites is 1. The molecular weight excluding hydrogens is 282 g/mol. The Morgan fingerprint density at radius 2 is 1.83 bits per heavy atom. The van der Waals surface area contributed by atoms with Crippen molar-refractivity contribution in [1.29, 1.82) is 0 Å². The summed E-state index contributed by atoms with van der Waals surface area (Å²) < 4.78 is 0. The molecule has 23 heavy (non-hydrogen) atoms. The van der Waals surface area contributed by atoms with Gasteiger partial charge in [-0.3, -0.25) is 0 Å². The molecule has 0 fully saturated rings. The number of rotatable bonds is 5. The lowest BCUT2D eigenvalue weighted by atomic mass is 9.91. The van der Waals surface area contributed by atoms with E-state index in [0.717, 1.165) is 13.0 Å². The fraction of sp³-hybridized carbons (Fsp3) is 0.200. The maximum Gasteiger partial charge on any atom is 0.0456 e. The van der Waals surface area contributed by atoms with E-state index in [2.05, 4.69) is 69.9 Å². The van der Waals surface area contributed by atoms with Gasteiger partial charge in [0.1, 0.15) is 0 Å². The fourth-order valence-corrected chi connectivity index (χ4v) is 3.36. The summed E-state index contributed by atoms with van der Waals surface area (Å²) in [7, 11) is 2.01. The Bertz CT molecular complexity index is 897. The van der Waals surface area contributed by atoms with Crippen molar-refractivity contribution in [2.45, 2.75) is 12.3 Å². The molecule has 0 saturated carbocycles. The summed E-state index contributed by atoms with van der Waals surface area (Å²) in [4.78, 5) is 6.88. The molecule has 1 unspecified atom stereocenters. The van der Waals surface area contributed by atoms with E-state index in [1.54, 1.807) is 0 Å². The monoisotopic (exact) mass is 303 g/mol. The number of aromatic nitrogens is 2. The van der Waals surface area contributed by atoms with Crippen LogP contribution in [0.25, 0.3) is 21.8 Å². The molecule has 2 aromatic carbocycles. The third-order valence-corrected chi connectivity index (χ3v) is 4.59. The van der Waals surface area contributed by atoms with Crippen LogP contribution in [0.4, 0.5) is 0 Å². The van der Waals surface area contributed by atoms with Gasteiger partial charge < -0.3 is 15.3 Å². The first kappa shape index (κ1) is 14.1. The molecule has 4 aromatic rings. The molecule has 0 saturated heterocycles. The number of nitrogens with one attached hydrogen (secondary N) is 3. The van der Waals surface area contributed by atoms with Gasteiger partial charge in [-0.05, 0) is 66.7 Å². The highest BCUT2D eigenvalue weighted by Crippen LogP contribution is 2.31. The molecule has 0 bridgehead atoms. The highest BCUT2D eigenvalue weighted by atomic mass is 14.8. The molecule has 2 aromatic heterocycles. The van der Waals surface area contributed by atoms with Gasteiger partial charge in [-0.1, -0.05) is 24.3 Å². The van der Waals surface area contributed by atoms with Gasteiger partial charge in [-0.2, -0.15) is 0 Å². The first-order valence-corrected chi connectivity index (χ1v) is 8.14. The molecule has 4 rings (SSSR count). The predicted octanol–water partition coefficient (Wildman–Crippen LogP) is 4.39. The van der Waals surface area contributed by atoms with Crippen molar-refractivity contribution in [3.8, 4) is 0 Å². The Labute approximate surface area is 135 Å². The smallest absolute Gasteiger partial charge is 0.0456 e. The quantitative estimate of drug-likeness (QED) is 0.503. The molecule has 0 aliphatic heterocycles. The fourth-order valence-electron chi connectivity index (χ4n) is 3.36. The van der Waals surface area contributed by atoms with Gasteiger partial charge in [0.2, 0.25) is 0 Å². The predicted molar refractivity (Wildman–Crippen MR) is 97.0 cm³/mol. The Kier molecular flexibility index (Phi) is 3.64. The van der Waals surface area contributed by atoms with E-state index in [0.29, 0.717) is 5.92 Å². The van der Waals surface area contributed by atoms with Crippen LogP contribution >= 0.6 is 0 Å². The van der Waals surface area contributed by atoms with Crippen molar-refractivity contribution in [2.24, 2.45) is 0 Å². The van der Waals surface area contributed by atoms with Crippen LogP contribution in [0.1, 0.15) is 23.6 Å². The van der Waals surface area contributed by atoms with Gasteiger partial charge in [-0.25, -0.2) is 0 Å². The number of hydrogen-bond acceptors (Lipinski definition) is 1. The van der Waals surface area contributed by atoms with Crippen LogP contribution in [0.3, 0.4) is 0 Å². The zero-order valence-electron chi connectivity index (χ0n) is 13.3. The molecule has 0 aliphatic carbocycles. The molecule has 116 valence electrons. The zero-order valence-corrected chi connectivity index (χ0v) is 13.3. The van der Waals surface area contributed by atoms with Gasteiger partial charge >= 0.3 is 0 Å². The molecule has 0 aliphatic rings. The Hall–Kier alpha value is -2.52. The Morgan fingerprint density at radius 1 is 0.957 bits per heavy atom. The van der Waals surface area contributed by atoms with E-state index >= 15 is 0 Å². The first-order chi connectivity index (χ1) is 11.3. The molecule has 0 spiro atoms. The average Bonchev–Trinajstić information content (AvgIpc) is 3.21. The van der Waals surface area contributed by atoms with E-state index in [4.69, 9.17) is 0 Å². The number of hydrogen-bond donors (Lipinski definition) is 3. The molecule has 0 radical (unpaired) electrons. The van der Waals surface area contributed by atoms with Crippen molar-refractivity contribution in [3.05, 3.63) is 72.1 Å². The van der Waals surface area contributed by atoms with E-state index in [9.17, 15) is 0 Å². The van der Waals surface area contributed by atoms with Crippen molar-refractivity contribution in [1.82, 2.24) is 15.3 Å². The number of fused-ring (bicyclic) bond motifs is 2. The molecule has 1 atom stereocenters. The second kappa shape index (κ2) is 5.94. The first-order valence-electron chi connectivity index (χ1n) is 8.14. The van der Waals surface area contributed by atoms with Gasteiger partial charge in [0, 0.05) is 28.8 Å². The minimum absolute atomic E-state index is 0.370. The lowest BCUT2D eigenvalue weighted by Gasteiger charge is -2.16. The van der Waals surface area contributed by atoms with E-state index in [1.165, 1.54) is 33.1 Å². The summed E-state index contributed by atoms with van der Waals surface area (Å²) in [5.41, 5.74) is 5.05. The second-order valence-corrected chi connectivity index (χ2v) is 6.08. The second-order valence-electron chi connectivity index (χ2n) is 6.08. The Morgan fingerprint density at radius 3 is 2.70 bits per heavy atom. The summed E-state index contributed by atoms with van der Waals surface area (Å²) in [5.74, 6) is 0.370. The van der Waals surface area contributed by atoms with Crippen LogP contribution in [0.2, 0.25) is 0 Å². The van der Waals surface area contributed by atoms with Crippen molar-refractivity contribution < 1.29 is 0 Å². The van der Waals surface area contributed by atoms with Crippen LogP contribution in [-0.2, 0) is 0 Å². The van der Waals surface area contributed by atoms with Crippen LogP contribution in [0, 0.1) is 0 Å². The number of benzene rings is 2. The van der Waals surface area contributed by atoms with Crippen LogP contribution in [-0.4, -0.2) is 23.6 Å². The zero-order chi connectivity index (χ0) is 15.6. The van der Waals surface area contributed by atoms with Gasteiger partial charge in [0.25, 0.3) is 0 Å². The standard InChI is InChI=1S/C20H21N3/c1-21-10-9-17(14-6-7-18-16(12-14)8-11-22-18)20-13-15-4-2-3-5-19(15)23-20/h2-8,11-13,17,21-23H,9-10H2,1H3. The third-order valence-electron chi connectivity index (χ3n) is 4.59. The topological polar surface area (TPSA) is 43.6 Å². The van der Waals surface area contributed by atoms with E-state index in [-0.39, 0.29) is 0 Å². The van der Waals surface area contributed by atoms with Gasteiger partial charge in [0.05, 0.1) is 0 Å². The molecule has 0 amide bonds. The van der Waals surface area contributed by atoms with Gasteiger partial charge in [0.15, 0.2) is 0 Å². The average molecular weight is 303 g/mol. The molecular formula is C20H21N3. The maximum absolute atomic E-state index is 3.61. The molecule has 2 heterocycles. The Balaban J connectivity index is 1.78. The SMILES string of the molecule is CNCCC(c1ccc2[nH]ccc2c1)c1cc2ccccc2[nH]1. The largest absolute Gasteiger partial charge is 0.361 e. The minimum atomic E-state index is 0.370. The normalized spacial score (nSPS) is 12.9. The van der Waals surface area contributed by atoms with Crippen LogP contribution in [0.5, 0.6) is 0 Å². The van der Waals surface area contributed by atoms with Crippen molar-refractivity contribution in [3.63, 3.8) is 0 Å². The summed E-state index contributed by atoms with van der Waals surface area (Å²) in [6.45, 7) is 0.991. The van der Waals surface area contributed by atoms with Crippen LogP contribution < -0.4 is 5.32 Å². The number of H-pyrrole nitrogens is 2. The van der Waals surface area contributed by atoms with Gasteiger partial charge in [-0.15, -0.1) is 0 Å². The maximum atomic E-state index is 3.61. The minimum Gasteiger partial charge on any atom is -0.361 e. The van der Waals surface area contributed by atoms with E-state index in [1.807, 2.05) is 13.2 Å². The summed E-state index contributed by atoms with van der Waals surface area (Å²) in [5, 5.41) is 5.83. The summed E-state index contributed by atoms with van der Waals surface area (Å²) >= 11 is 0. The van der Waals surface area contributed by atoms with Crippen molar-refractivity contribution >= 4 is 21.8 Å². The highest BCUT2D eigenvalue weighted by Gasteiger charge is 2.16. The highest BCUT2D eigenvalue weighted by molar-refractivity contribution is 5.82. The lowest BCUT2D eigenvalue weighted by Crippen LogP contribution is -2.13. The summed E-state index contributed by atoms with van der Waals surface area (Å²) in [6, 6.07) is 19.6. The molecule has 3 N–H and O–H groups in total. The molecule has 3 nitrogen and oxygen atoms in total. The number of aromatic amines is 2. The lowest BCUT2D eigenvalue weighted by molar-refractivity contribution is 0.653. The summed E-state index contributed by atoms with van der Waals surface area (Å²) in [6.07, 6.45) is 3.07. The van der Waals surface area contributed by atoms with E-state index < -0.39 is 0 Å². The third kappa shape index (κ3) is 2.64.